The SMILES string of the molecule is CCNC(=NCc1nc(C)no1)NCC(c1ccccc1OC)N1CCCC1. The van der Waals surface area contributed by atoms with Crippen LogP contribution in [0.3, 0.4) is 0 Å². The third-order valence-corrected chi connectivity index (χ3v) is 4.83. The molecule has 1 saturated heterocycles. The number of nitrogens with one attached hydrogen (secondary N) is 2. The molecule has 1 aromatic heterocycles. The van der Waals surface area contributed by atoms with Gasteiger partial charge >= 0.3 is 0 Å². The van der Waals surface area contributed by atoms with E-state index >= 15 is 0 Å². The lowest BCUT2D eigenvalue weighted by Crippen LogP contribution is -2.42. The van der Waals surface area contributed by atoms with Crippen molar-refractivity contribution in [2.45, 2.75) is 39.3 Å². The number of ether oxygens (including phenoxy) is 1. The fraction of sp³-hybridized carbons (Fsp3) is 0.550. The average Bonchev–Trinajstić information content (AvgIpc) is 3.38. The van der Waals surface area contributed by atoms with Crippen molar-refractivity contribution in [1.82, 2.24) is 25.7 Å². The Morgan fingerprint density at radius 2 is 2.07 bits per heavy atom. The topological polar surface area (TPSA) is 87.8 Å². The number of rotatable bonds is 8. The highest BCUT2D eigenvalue weighted by atomic mass is 16.5. The number of hydrogen-bond donors (Lipinski definition) is 2. The van der Waals surface area contributed by atoms with Gasteiger partial charge in [0.25, 0.3) is 0 Å². The summed E-state index contributed by atoms with van der Waals surface area (Å²) in [6.45, 7) is 7.89. The van der Waals surface area contributed by atoms with E-state index in [2.05, 4.69) is 42.8 Å². The first-order valence-corrected chi connectivity index (χ1v) is 9.89. The van der Waals surface area contributed by atoms with Crippen LogP contribution in [0.2, 0.25) is 0 Å². The second-order valence-corrected chi connectivity index (χ2v) is 6.81. The molecule has 3 rings (SSSR count). The number of hydrogen-bond acceptors (Lipinski definition) is 6. The smallest absolute Gasteiger partial charge is 0.248 e. The minimum absolute atomic E-state index is 0.216. The molecule has 1 aliphatic rings. The summed E-state index contributed by atoms with van der Waals surface area (Å²) in [7, 11) is 1.73. The van der Waals surface area contributed by atoms with Crippen molar-refractivity contribution in [3.63, 3.8) is 0 Å². The molecule has 0 aliphatic carbocycles. The molecule has 28 heavy (non-hydrogen) atoms. The maximum Gasteiger partial charge on any atom is 0.248 e. The molecule has 0 spiro atoms. The Kier molecular flexibility index (Phi) is 7.25. The van der Waals surface area contributed by atoms with Crippen LogP contribution >= 0.6 is 0 Å². The molecule has 0 bridgehead atoms. The lowest BCUT2D eigenvalue weighted by molar-refractivity contribution is 0.239. The number of benzene rings is 1. The fourth-order valence-corrected chi connectivity index (χ4v) is 3.52. The molecule has 1 aliphatic heterocycles. The van der Waals surface area contributed by atoms with Crippen LogP contribution in [-0.2, 0) is 6.54 Å². The number of aromatic nitrogens is 2. The van der Waals surface area contributed by atoms with E-state index in [-0.39, 0.29) is 6.04 Å². The number of likely N-dealkylation sites (tertiary alicyclic amines) is 1. The monoisotopic (exact) mass is 386 g/mol. The highest BCUT2D eigenvalue weighted by Gasteiger charge is 2.26. The summed E-state index contributed by atoms with van der Waals surface area (Å²) in [6, 6.07) is 8.46. The number of para-hydroxylation sites is 1. The van der Waals surface area contributed by atoms with Gasteiger partial charge in [0.15, 0.2) is 11.8 Å². The first-order chi connectivity index (χ1) is 13.7. The van der Waals surface area contributed by atoms with Gasteiger partial charge < -0.3 is 19.9 Å². The number of aryl methyl sites for hydroxylation is 1. The minimum atomic E-state index is 0.216. The fourth-order valence-electron chi connectivity index (χ4n) is 3.52. The molecule has 1 fully saturated rings. The zero-order chi connectivity index (χ0) is 19.8. The first-order valence-electron chi connectivity index (χ1n) is 9.89. The summed E-state index contributed by atoms with van der Waals surface area (Å²) in [5.74, 6) is 2.78. The average molecular weight is 387 g/mol. The summed E-state index contributed by atoms with van der Waals surface area (Å²) in [6.07, 6.45) is 2.46. The highest BCUT2D eigenvalue weighted by molar-refractivity contribution is 5.79. The lowest BCUT2D eigenvalue weighted by atomic mass is 10.0. The second-order valence-electron chi connectivity index (χ2n) is 6.81. The van der Waals surface area contributed by atoms with Gasteiger partial charge in [-0.05, 0) is 45.8 Å². The second kappa shape index (κ2) is 10.1. The molecule has 8 nitrogen and oxygen atoms in total. The van der Waals surface area contributed by atoms with E-state index in [1.807, 2.05) is 19.1 Å². The van der Waals surface area contributed by atoms with E-state index in [9.17, 15) is 0 Å². The minimum Gasteiger partial charge on any atom is -0.496 e. The van der Waals surface area contributed by atoms with Gasteiger partial charge in [-0.15, -0.1) is 0 Å². The van der Waals surface area contributed by atoms with E-state index < -0.39 is 0 Å². The van der Waals surface area contributed by atoms with Gasteiger partial charge in [-0.2, -0.15) is 4.98 Å². The van der Waals surface area contributed by atoms with E-state index in [0.717, 1.165) is 37.9 Å². The molecular weight excluding hydrogens is 356 g/mol. The first kappa shape index (κ1) is 20.1. The number of guanidine groups is 1. The van der Waals surface area contributed by atoms with E-state index in [4.69, 9.17) is 9.26 Å². The molecule has 1 aromatic carbocycles. The summed E-state index contributed by atoms with van der Waals surface area (Å²) >= 11 is 0. The molecule has 2 aromatic rings. The molecule has 152 valence electrons. The van der Waals surface area contributed by atoms with E-state index in [1.54, 1.807) is 14.0 Å². The predicted octanol–water partition coefficient (Wildman–Crippen LogP) is 2.28. The Morgan fingerprint density at radius 1 is 1.29 bits per heavy atom. The number of aliphatic imine (C=N–C) groups is 1. The van der Waals surface area contributed by atoms with Crippen LogP contribution in [0.25, 0.3) is 0 Å². The van der Waals surface area contributed by atoms with Gasteiger partial charge in [0, 0.05) is 18.7 Å². The van der Waals surface area contributed by atoms with Crippen molar-refractivity contribution in [3.8, 4) is 5.75 Å². The normalized spacial score (nSPS) is 16.2. The summed E-state index contributed by atoms with van der Waals surface area (Å²) in [4.78, 5) is 11.3. The third kappa shape index (κ3) is 5.22. The molecule has 8 heteroatoms. The molecule has 0 amide bonds. The van der Waals surface area contributed by atoms with Crippen molar-refractivity contribution in [2.24, 2.45) is 4.99 Å². The molecule has 2 heterocycles. The third-order valence-electron chi connectivity index (χ3n) is 4.83. The molecule has 0 saturated carbocycles. The Labute approximate surface area is 166 Å². The van der Waals surface area contributed by atoms with Gasteiger partial charge in [0.1, 0.15) is 12.3 Å². The molecule has 0 radical (unpaired) electrons. The van der Waals surface area contributed by atoms with Gasteiger partial charge in [-0.25, -0.2) is 4.99 Å². The van der Waals surface area contributed by atoms with Gasteiger partial charge in [0.05, 0.1) is 13.2 Å². The van der Waals surface area contributed by atoms with Crippen LogP contribution in [0.5, 0.6) is 5.75 Å². The van der Waals surface area contributed by atoms with E-state index in [0.29, 0.717) is 18.3 Å². The summed E-state index contributed by atoms with van der Waals surface area (Å²) in [5, 5.41) is 10.6. The maximum absolute atomic E-state index is 5.62. The van der Waals surface area contributed by atoms with Crippen molar-refractivity contribution < 1.29 is 9.26 Å². The van der Waals surface area contributed by atoms with Crippen LogP contribution in [0, 0.1) is 6.92 Å². The quantitative estimate of drug-likeness (QED) is 0.531. The zero-order valence-corrected chi connectivity index (χ0v) is 16.9. The lowest BCUT2D eigenvalue weighted by Gasteiger charge is -2.30. The van der Waals surface area contributed by atoms with Crippen molar-refractivity contribution >= 4 is 5.96 Å². The van der Waals surface area contributed by atoms with E-state index in [1.165, 1.54) is 18.4 Å². The summed E-state index contributed by atoms with van der Waals surface area (Å²) in [5.41, 5.74) is 1.20. The maximum atomic E-state index is 5.62. The molecule has 1 unspecified atom stereocenters. The number of nitrogens with zero attached hydrogens (tertiary/aromatic N) is 4. The van der Waals surface area contributed by atoms with Crippen LogP contribution < -0.4 is 15.4 Å². The van der Waals surface area contributed by atoms with Gasteiger partial charge in [-0.1, -0.05) is 23.4 Å². The van der Waals surface area contributed by atoms with Gasteiger partial charge in [0.2, 0.25) is 5.89 Å². The van der Waals surface area contributed by atoms with Gasteiger partial charge in [-0.3, -0.25) is 4.90 Å². The largest absolute Gasteiger partial charge is 0.496 e. The van der Waals surface area contributed by atoms with Crippen molar-refractivity contribution in [2.75, 3.05) is 33.3 Å². The Bertz CT molecular complexity index is 770. The highest BCUT2D eigenvalue weighted by Crippen LogP contribution is 2.31. The zero-order valence-electron chi connectivity index (χ0n) is 16.9. The molecule has 2 N–H and O–H groups in total. The predicted molar refractivity (Wildman–Crippen MR) is 108 cm³/mol. The Balaban J connectivity index is 1.73. The Morgan fingerprint density at radius 3 is 2.75 bits per heavy atom. The van der Waals surface area contributed by atoms with Crippen LogP contribution in [0.15, 0.2) is 33.8 Å². The van der Waals surface area contributed by atoms with Crippen LogP contribution in [-0.4, -0.2) is 54.3 Å². The van der Waals surface area contributed by atoms with Crippen LogP contribution in [0.1, 0.15) is 43.1 Å². The summed E-state index contributed by atoms with van der Waals surface area (Å²) < 4.78 is 10.8. The Hall–Kier alpha value is -2.61. The number of methoxy groups -OCH3 is 1. The van der Waals surface area contributed by atoms with Crippen molar-refractivity contribution in [3.05, 3.63) is 41.5 Å². The standard InChI is InChI=1S/C20H30N6O2/c1-4-21-20(23-14-19-24-15(2)25-28-19)22-13-17(26-11-7-8-12-26)16-9-5-6-10-18(16)27-3/h5-6,9-10,17H,4,7-8,11-14H2,1-3H3,(H2,21,22,23). The molecular formula is C20H30N6O2. The van der Waals surface area contributed by atoms with Crippen molar-refractivity contribution in [1.29, 1.82) is 0 Å². The van der Waals surface area contributed by atoms with Crippen LogP contribution in [0.4, 0.5) is 0 Å². The molecule has 1 atom stereocenters.